The van der Waals surface area contributed by atoms with Gasteiger partial charge in [-0.15, -0.1) is 0 Å². The second-order valence-electron chi connectivity index (χ2n) is 11.2. The average Bonchev–Trinajstić information content (AvgIpc) is 2.99. The van der Waals surface area contributed by atoms with Crippen LogP contribution >= 0.6 is 0 Å². The molecule has 1 amide bonds. The van der Waals surface area contributed by atoms with Crippen molar-refractivity contribution in [2.75, 3.05) is 20.3 Å². The number of pyridine rings is 1. The van der Waals surface area contributed by atoms with Crippen LogP contribution in [0, 0.1) is 11.8 Å². The van der Waals surface area contributed by atoms with E-state index in [4.69, 9.17) is 9.47 Å². The molecule has 1 saturated carbocycles. The van der Waals surface area contributed by atoms with Gasteiger partial charge in [0.05, 0.1) is 23.1 Å². The molecule has 1 heterocycles. The van der Waals surface area contributed by atoms with Gasteiger partial charge in [-0.25, -0.2) is 18.1 Å². The fourth-order valence-corrected chi connectivity index (χ4v) is 6.76. The molecule has 11 heteroatoms. The SMILES string of the molecule is CCOc1ccc2cc(S(=O)(=O)N[C@H]3CC[C@H](C(=O)N[C@H](COC(=O)[C@@H](NC)C(C)C)c4ccccc4)CC3)ccc2n1. The van der Waals surface area contributed by atoms with Crippen molar-refractivity contribution in [3.05, 3.63) is 66.2 Å². The van der Waals surface area contributed by atoms with Gasteiger partial charge in [-0.2, -0.15) is 0 Å². The Balaban J connectivity index is 1.34. The van der Waals surface area contributed by atoms with Crippen LogP contribution in [0.25, 0.3) is 10.9 Å². The molecule has 1 fully saturated rings. The zero-order valence-corrected chi connectivity index (χ0v) is 26.0. The predicted octanol–water partition coefficient (Wildman–Crippen LogP) is 4.12. The highest BCUT2D eigenvalue weighted by Gasteiger charge is 2.31. The Morgan fingerprint density at radius 2 is 1.72 bits per heavy atom. The number of esters is 1. The van der Waals surface area contributed by atoms with Gasteiger partial charge in [-0.05, 0) is 75.4 Å². The number of carbonyl (C=O) groups is 2. The van der Waals surface area contributed by atoms with Crippen LogP contribution in [0.1, 0.15) is 58.1 Å². The summed E-state index contributed by atoms with van der Waals surface area (Å²) in [6.45, 7) is 6.27. The number of sulfonamides is 1. The minimum atomic E-state index is -3.76. The lowest BCUT2D eigenvalue weighted by Crippen LogP contribution is -2.43. The van der Waals surface area contributed by atoms with Crippen molar-refractivity contribution in [1.29, 1.82) is 0 Å². The summed E-state index contributed by atoms with van der Waals surface area (Å²) in [6, 6.07) is 16.6. The number of rotatable bonds is 13. The summed E-state index contributed by atoms with van der Waals surface area (Å²) in [4.78, 5) is 30.5. The zero-order chi connectivity index (χ0) is 31.0. The van der Waals surface area contributed by atoms with Crippen LogP contribution in [0.2, 0.25) is 0 Å². The summed E-state index contributed by atoms with van der Waals surface area (Å²) in [7, 11) is -2.04. The van der Waals surface area contributed by atoms with Crippen LogP contribution in [0.15, 0.2) is 65.6 Å². The highest BCUT2D eigenvalue weighted by Crippen LogP contribution is 2.28. The van der Waals surface area contributed by atoms with Crippen LogP contribution in [0.5, 0.6) is 5.88 Å². The van der Waals surface area contributed by atoms with E-state index in [9.17, 15) is 18.0 Å². The lowest BCUT2D eigenvalue weighted by atomic mass is 9.85. The van der Waals surface area contributed by atoms with Crippen LogP contribution < -0.4 is 20.1 Å². The molecule has 1 aliphatic rings. The molecular weight excluding hydrogens is 568 g/mol. The van der Waals surface area contributed by atoms with E-state index in [-0.39, 0.29) is 41.3 Å². The van der Waals surface area contributed by atoms with E-state index in [0.717, 1.165) is 5.56 Å². The van der Waals surface area contributed by atoms with Crippen molar-refractivity contribution >= 4 is 32.8 Å². The maximum Gasteiger partial charge on any atom is 0.323 e. The van der Waals surface area contributed by atoms with E-state index in [2.05, 4.69) is 20.3 Å². The molecule has 3 N–H and O–H groups in total. The molecule has 0 saturated heterocycles. The standard InChI is InChI=1S/C32H42N4O6S/c1-5-41-29-18-13-24-19-26(16-17-27(24)34-29)43(39,40)36-25-14-11-23(12-15-25)31(37)35-28(22-9-7-6-8-10-22)20-42-32(38)30(33-4)21(2)3/h6-10,13,16-19,21,23,25,28,30,33,36H,5,11-12,14-15,20H2,1-4H3,(H,35,37)/t23-,25-,28-,30+/m1/s1. The van der Waals surface area contributed by atoms with E-state index in [1.165, 1.54) is 0 Å². The topological polar surface area (TPSA) is 136 Å². The van der Waals surface area contributed by atoms with Crippen molar-refractivity contribution in [1.82, 2.24) is 20.3 Å². The van der Waals surface area contributed by atoms with Gasteiger partial charge in [0.15, 0.2) is 0 Å². The van der Waals surface area contributed by atoms with Crippen LogP contribution in [0.4, 0.5) is 0 Å². The number of hydrogen-bond acceptors (Lipinski definition) is 8. The van der Waals surface area contributed by atoms with E-state index in [0.29, 0.717) is 49.1 Å². The Morgan fingerprint density at radius 3 is 2.37 bits per heavy atom. The molecule has 10 nitrogen and oxygen atoms in total. The fourth-order valence-electron chi connectivity index (χ4n) is 5.42. The Labute approximate surface area is 254 Å². The highest BCUT2D eigenvalue weighted by atomic mass is 32.2. The van der Waals surface area contributed by atoms with E-state index in [1.54, 1.807) is 37.4 Å². The Hall–Kier alpha value is -3.54. The van der Waals surface area contributed by atoms with Gasteiger partial charge in [0, 0.05) is 23.4 Å². The van der Waals surface area contributed by atoms with Crippen molar-refractivity contribution in [2.45, 2.75) is 69.5 Å². The number of carbonyl (C=O) groups excluding carboxylic acids is 2. The van der Waals surface area contributed by atoms with E-state index in [1.807, 2.05) is 51.1 Å². The maximum atomic E-state index is 13.3. The van der Waals surface area contributed by atoms with Gasteiger partial charge in [-0.3, -0.25) is 9.59 Å². The summed E-state index contributed by atoms with van der Waals surface area (Å²) in [5.41, 5.74) is 1.50. The van der Waals surface area contributed by atoms with E-state index >= 15 is 0 Å². The maximum absolute atomic E-state index is 13.3. The number of aromatic nitrogens is 1. The van der Waals surface area contributed by atoms with Gasteiger partial charge >= 0.3 is 5.97 Å². The van der Waals surface area contributed by atoms with Crippen molar-refractivity contribution in [2.24, 2.45) is 11.8 Å². The number of amides is 1. The first kappa shape index (κ1) is 32.4. The largest absolute Gasteiger partial charge is 0.478 e. The highest BCUT2D eigenvalue weighted by molar-refractivity contribution is 7.89. The third-order valence-electron chi connectivity index (χ3n) is 7.80. The van der Waals surface area contributed by atoms with Gasteiger partial charge in [-0.1, -0.05) is 44.2 Å². The second kappa shape index (κ2) is 14.8. The van der Waals surface area contributed by atoms with Crippen molar-refractivity contribution in [3.8, 4) is 5.88 Å². The van der Waals surface area contributed by atoms with Gasteiger partial charge < -0.3 is 20.1 Å². The second-order valence-corrected chi connectivity index (χ2v) is 12.9. The summed E-state index contributed by atoms with van der Waals surface area (Å²) < 4.78 is 40.2. The van der Waals surface area contributed by atoms with Gasteiger partial charge in [0.1, 0.15) is 12.6 Å². The quantitative estimate of drug-likeness (QED) is 0.246. The monoisotopic (exact) mass is 610 g/mol. The van der Waals surface area contributed by atoms with Gasteiger partial charge in [0.25, 0.3) is 0 Å². The lowest BCUT2D eigenvalue weighted by molar-refractivity contribution is -0.148. The minimum Gasteiger partial charge on any atom is -0.478 e. The molecule has 43 heavy (non-hydrogen) atoms. The molecule has 2 aromatic carbocycles. The number of fused-ring (bicyclic) bond motifs is 1. The molecule has 4 rings (SSSR count). The third-order valence-corrected chi connectivity index (χ3v) is 9.32. The molecule has 1 aliphatic carbocycles. The lowest BCUT2D eigenvalue weighted by Gasteiger charge is -2.30. The number of hydrogen-bond donors (Lipinski definition) is 3. The van der Waals surface area contributed by atoms with E-state index < -0.39 is 22.1 Å². The smallest absolute Gasteiger partial charge is 0.323 e. The summed E-state index contributed by atoms with van der Waals surface area (Å²) in [5.74, 6) is -0.210. The first-order valence-corrected chi connectivity index (χ1v) is 16.3. The Morgan fingerprint density at radius 1 is 1.00 bits per heavy atom. The third kappa shape index (κ3) is 8.52. The van der Waals surface area contributed by atoms with Crippen molar-refractivity contribution in [3.63, 3.8) is 0 Å². The molecule has 232 valence electrons. The van der Waals surface area contributed by atoms with Crippen molar-refractivity contribution < 1.29 is 27.5 Å². The number of benzene rings is 2. The number of nitrogens with zero attached hydrogens (tertiary/aromatic N) is 1. The molecule has 0 aliphatic heterocycles. The molecule has 2 atom stereocenters. The number of nitrogens with one attached hydrogen (secondary N) is 3. The fraction of sp³-hybridized carbons (Fsp3) is 0.469. The molecule has 1 aromatic heterocycles. The first-order valence-electron chi connectivity index (χ1n) is 14.9. The molecule has 0 unspecified atom stereocenters. The molecular formula is C32H42N4O6S. The predicted molar refractivity (Wildman–Crippen MR) is 165 cm³/mol. The summed E-state index contributed by atoms with van der Waals surface area (Å²) >= 11 is 0. The van der Waals surface area contributed by atoms with Crippen LogP contribution in [-0.4, -0.2) is 57.6 Å². The van der Waals surface area contributed by atoms with Gasteiger partial charge in [0.2, 0.25) is 21.8 Å². The average molecular weight is 611 g/mol. The Kier molecular flexibility index (Phi) is 11.1. The molecule has 0 spiro atoms. The van der Waals surface area contributed by atoms with Crippen LogP contribution in [-0.2, 0) is 24.3 Å². The van der Waals surface area contributed by atoms with Crippen LogP contribution in [0.3, 0.4) is 0 Å². The summed E-state index contributed by atoms with van der Waals surface area (Å²) in [5, 5.41) is 6.76. The normalized spacial score (nSPS) is 18.6. The zero-order valence-electron chi connectivity index (χ0n) is 25.2. The molecule has 0 bridgehead atoms. The number of ether oxygens (including phenoxy) is 2. The minimum absolute atomic E-state index is 0.0167. The number of likely N-dealkylation sites (N-methyl/N-ethyl adjacent to an activating group) is 1. The summed E-state index contributed by atoms with van der Waals surface area (Å²) in [6.07, 6.45) is 2.15. The Bertz CT molecular complexity index is 1490. The molecule has 3 aromatic rings. The molecule has 0 radical (unpaired) electrons. The first-order chi connectivity index (χ1) is 20.6.